The van der Waals surface area contributed by atoms with E-state index in [9.17, 15) is 0 Å². The van der Waals surface area contributed by atoms with Crippen LogP contribution in [0, 0.1) is 6.57 Å². The first-order chi connectivity index (χ1) is 8.88. The lowest BCUT2D eigenvalue weighted by Crippen LogP contribution is -2.36. The monoisotopic (exact) mass is 244 g/mol. The van der Waals surface area contributed by atoms with Crippen LogP contribution < -0.4 is 0 Å². The van der Waals surface area contributed by atoms with Gasteiger partial charge >= 0.3 is 0 Å². The summed E-state index contributed by atoms with van der Waals surface area (Å²) in [4.78, 5) is 5.78. The number of likely N-dealkylation sites (tertiary alicyclic amines) is 1. The molecular weight excluding hydrogens is 224 g/mol. The Morgan fingerprint density at radius 1 is 1.22 bits per heavy atom. The normalized spacial score (nSPS) is 17.5. The number of piperidine rings is 1. The van der Waals surface area contributed by atoms with Gasteiger partial charge in [0.05, 0.1) is 6.10 Å². The van der Waals surface area contributed by atoms with Crippen LogP contribution in [0.2, 0.25) is 0 Å². The van der Waals surface area contributed by atoms with Crippen LogP contribution in [0.5, 0.6) is 0 Å². The van der Waals surface area contributed by atoms with E-state index in [4.69, 9.17) is 11.3 Å². The molecule has 0 unspecified atom stereocenters. The number of rotatable bonds is 5. The lowest BCUT2D eigenvalue weighted by atomic mass is 10.1. The third-order valence-electron chi connectivity index (χ3n) is 3.34. The van der Waals surface area contributed by atoms with E-state index in [1.807, 2.05) is 0 Å². The first kappa shape index (κ1) is 13.1. The summed E-state index contributed by atoms with van der Waals surface area (Å²) in [6.07, 6.45) is 2.54. The highest BCUT2D eigenvalue weighted by Gasteiger charge is 2.19. The van der Waals surface area contributed by atoms with E-state index >= 15 is 0 Å². The molecule has 1 aliphatic rings. The summed E-state index contributed by atoms with van der Waals surface area (Å²) < 4.78 is 5.68. The zero-order valence-electron chi connectivity index (χ0n) is 10.7. The minimum absolute atomic E-state index is 0.360. The minimum Gasteiger partial charge on any atom is -0.370 e. The molecule has 3 heteroatoms. The second-order valence-electron chi connectivity index (χ2n) is 4.71. The summed E-state index contributed by atoms with van der Waals surface area (Å²) >= 11 is 0. The van der Waals surface area contributed by atoms with Crippen LogP contribution in [-0.4, -0.2) is 37.2 Å². The molecule has 0 spiro atoms. The fourth-order valence-electron chi connectivity index (χ4n) is 2.34. The summed E-state index contributed by atoms with van der Waals surface area (Å²) in [7, 11) is 0. The van der Waals surface area contributed by atoms with E-state index in [1.54, 1.807) is 0 Å². The van der Waals surface area contributed by atoms with Crippen molar-refractivity contribution in [1.29, 1.82) is 0 Å². The Morgan fingerprint density at radius 3 is 2.61 bits per heavy atom. The first-order valence-electron chi connectivity index (χ1n) is 6.59. The van der Waals surface area contributed by atoms with Gasteiger partial charge in [0, 0.05) is 19.6 Å². The molecule has 0 saturated carbocycles. The molecule has 1 heterocycles. The summed E-state index contributed by atoms with van der Waals surface area (Å²) in [5.74, 6) is 0. The van der Waals surface area contributed by atoms with Crippen LogP contribution in [0.25, 0.3) is 4.85 Å². The van der Waals surface area contributed by atoms with Crippen LogP contribution in [0.3, 0.4) is 0 Å². The second kappa shape index (κ2) is 7.15. The van der Waals surface area contributed by atoms with E-state index in [0.29, 0.717) is 19.3 Å². The van der Waals surface area contributed by atoms with Crippen molar-refractivity contribution in [2.24, 2.45) is 0 Å². The molecule has 2 rings (SSSR count). The molecule has 0 amide bonds. The Kier molecular flexibility index (Phi) is 5.19. The Labute approximate surface area is 109 Å². The molecule has 0 N–H and O–H groups in total. The molecule has 1 aromatic carbocycles. The average molecular weight is 244 g/mol. The van der Waals surface area contributed by atoms with Gasteiger partial charge in [-0.15, -0.1) is 0 Å². The van der Waals surface area contributed by atoms with Gasteiger partial charge in [0.2, 0.25) is 6.54 Å². The maximum Gasteiger partial charge on any atom is 0.237 e. The molecule has 0 radical (unpaired) electrons. The van der Waals surface area contributed by atoms with Crippen LogP contribution in [-0.2, 0) is 11.3 Å². The standard InChI is InChI=1S/C15H20N2O/c1-16-9-12-18-15-7-10-17(11-8-15)13-14-5-3-2-4-6-14/h2-6,15H,7-13H2. The Bertz CT molecular complexity index is 377. The zero-order valence-corrected chi connectivity index (χ0v) is 10.7. The van der Waals surface area contributed by atoms with Crippen molar-refractivity contribution >= 4 is 0 Å². The zero-order chi connectivity index (χ0) is 12.6. The van der Waals surface area contributed by atoms with Gasteiger partial charge in [0.25, 0.3) is 0 Å². The highest BCUT2D eigenvalue weighted by molar-refractivity contribution is 5.14. The van der Waals surface area contributed by atoms with E-state index in [2.05, 4.69) is 40.1 Å². The largest absolute Gasteiger partial charge is 0.370 e. The molecular formula is C15H20N2O. The van der Waals surface area contributed by atoms with Crippen molar-refractivity contribution in [3.63, 3.8) is 0 Å². The van der Waals surface area contributed by atoms with Gasteiger partial charge in [0.1, 0.15) is 6.61 Å². The Balaban J connectivity index is 1.69. The quantitative estimate of drug-likeness (QED) is 0.585. The highest BCUT2D eigenvalue weighted by Crippen LogP contribution is 2.16. The molecule has 1 aliphatic heterocycles. The molecule has 0 bridgehead atoms. The third-order valence-corrected chi connectivity index (χ3v) is 3.34. The lowest BCUT2D eigenvalue weighted by Gasteiger charge is -2.31. The Morgan fingerprint density at radius 2 is 1.94 bits per heavy atom. The van der Waals surface area contributed by atoms with Crippen molar-refractivity contribution in [3.05, 3.63) is 47.3 Å². The first-order valence-corrected chi connectivity index (χ1v) is 6.59. The van der Waals surface area contributed by atoms with Crippen molar-refractivity contribution < 1.29 is 4.74 Å². The van der Waals surface area contributed by atoms with E-state index in [0.717, 1.165) is 32.5 Å². The topological polar surface area (TPSA) is 16.8 Å². The number of benzene rings is 1. The highest BCUT2D eigenvalue weighted by atomic mass is 16.5. The van der Waals surface area contributed by atoms with E-state index in [1.165, 1.54) is 5.56 Å². The van der Waals surface area contributed by atoms with Gasteiger partial charge in [-0.05, 0) is 18.4 Å². The van der Waals surface area contributed by atoms with Crippen molar-refractivity contribution in [2.45, 2.75) is 25.5 Å². The Hall–Kier alpha value is -1.37. The summed E-state index contributed by atoms with van der Waals surface area (Å²) in [6, 6.07) is 10.6. The van der Waals surface area contributed by atoms with Gasteiger partial charge in [-0.2, -0.15) is 0 Å². The number of nitrogens with zero attached hydrogens (tertiary/aromatic N) is 2. The van der Waals surface area contributed by atoms with Crippen LogP contribution >= 0.6 is 0 Å². The minimum atomic E-state index is 0.360. The number of hydrogen-bond donors (Lipinski definition) is 0. The molecule has 18 heavy (non-hydrogen) atoms. The molecule has 1 aromatic rings. The molecule has 96 valence electrons. The predicted octanol–water partition coefficient (Wildman–Crippen LogP) is 2.59. The third kappa shape index (κ3) is 4.14. The molecule has 0 aliphatic carbocycles. The number of hydrogen-bond acceptors (Lipinski definition) is 2. The molecule has 0 aromatic heterocycles. The van der Waals surface area contributed by atoms with Crippen LogP contribution in [0.4, 0.5) is 0 Å². The SMILES string of the molecule is [C-]#[N+]CCOC1CCN(Cc2ccccc2)CC1. The van der Waals surface area contributed by atoms with Gasteiger partial charge in [-0.1, -0.05) is 30.3 Å². The second-order valence-corrected chi connectivity index (χ2v) is 4.71. The fourth-order valence-corrected chi connectivity index (χ4v) is 2.34. The summed E-state index contributed by atoms with van der Waals surface area (Å²) in [5.41, 5.74) is 1.38. The average Bonchev–Trinajstić information content (AvgIpc) is 2.42. The smallest absolute Gasteiger partial charge is 0.237 e. The lowest BCUT2D eigenvalue weighted by molar-refractivity contribution is 0.0117. The predicted molar refractivity (Wildman–Crippen MR) is 72.2 cm³/mol. The van der Waals surface area contributed by atoms with Crippen LogP contribution in [0.15, 0.2) is 30.3 Å². The van der Waals surface area contributed by atoms with Gasteiger partial charge in [0.15, 0.2) is 0 Å². The van der Waals surface area contributed by atoms with Gasteiger partial charge < -0.3 is 9.58 Å². The molecule has 3 nitrogen and oxygen atoms in total. The molecule has 0 atom stereocenters. The molecule has 1 saturated heterocycles. The number of ether oxygens (including phenoxy) is 1. The summed E-state index contributed by atoms with van der Waals surface area (Å²) in [6.45, 7) is 11.0. The maximum absolute atomic E-state index is 6.71. The van der Waals surface area contributed by atoms with Crippen LogP contribution in [0.1, 0.15) is 18.4 Å². The van der Waals surface area contributed by atoms with Crippen molar-refractivity contribution in [3.8, 4) is 0 Å². The molecule has 1 fully saturated rings. The van der Waals surface area contributed by atoms with E-state index in [-0.39, 0.29) is 0 Å². The van der Waals surface area contributed by atoms with Crippen molar-refractivity contribution in [2.75, 3.05) is 26.2 Å². The van der Waals surface area contributed by atoms with Gasteiger partial charge in [-0.25, -0.2) is 6.57 Å². The van der Waals surface area contributed by atoms with Crippen molar-refractivity contribution in [1.82, 2.24) is 4.90 Å². The maximum atomic E-state index is 6.71. The summed E-state index contributed by atoms with van der Waals surface area (Å²) in [5, 5.41) is 0. The van der Waals surface area contributed by atoms with Gasteiger partial charge in [-0.3, -0.25) is 4.90 Å². The van der Waals surface area contributed by atoms with E-state index < -0.39 is 0 Å². The fraction of sp³-hybridized carbons (Fsp3) is 0.533.